The van der Waals surface area contributed by atoms with Crippen LogP contribution in [0.2, 0.25) is 0 Å². The summed E-state index contributed by atoms with van der Waals surface area (Å²) in [5.74, 6) is 0.917. The molecule has 0 aliphatic heterocycles. The Labute approximate surface area is 119 Å². The number of hydrogen-bond acceptors (Lipinski definition) is 3. The lowest BCUT2D eigenvalue weighted by molar-refractivity contribution is 0.164. The second kappa shape index (κ2) is 7.87. The summed E-state index contributed by atoms with van der Waals surface area (Å²) in [4.78, 5) is 2.51. The van der Waals surface area contributed by atoms with Crippen LogP contribution < -0.4 is 5.32 Å². The van der Waals surface area contributed by atoms with Gasteiger partial charge in [-0.1, -0.05) is 13.8 Å². The van der Waals surface area contributed by atoms with Gasteiger partial charge in [-0.15, -0.1) is 0 Å². The zero-order chi connectivity index (χ0) is 14.3. The molecule has 0 heterocycles. The molecular weight excluding hydrogens is 234 g/mol. The van der Waals surface area contributed by atoms with E-state index >= 15 is 0 Å². The third-order valence-corrected chi connectivity index (χ3v) is 5.02. The van der Waals surface area contributed by atoms with Gasteiger partial charge in [0.25, 0.3) is 0 Å². The van der Waals surface area contributed by atoms with Crippen LogP contribution in [-0.4, -0.2) is 37.1 Å². The first-order valence-electron chi connectivity index (χ1n) is 7.87. The van der Waals surface area contributed by atoms with Crippen LogP contribution in [0, 0.1) is 17.2 Å². The quantitative estimate of drug-likeness (QED) is 0.768. The van der Waals surface area contributed by atoms with E-state index in [4.69, 9.17) is 0 Å². The van der Waals surface area contributed by atoms with E-state index in [1.165, 1.54) is 25.7 Å². The molecule has 0 amide bonds. The van der Waals surface area contributed by atoms with Crippen LogP contribution in [-0.2, 0) is 0 Å². The minimum atomic E-state index is -0.318. The maximum atomic E-state index is 9.29. The second-order valence-electron chi connectivity index (χ2n) is 6.30. The van der Waals surface area contributed by atoms with E-state index in [-0.39, 0.29) is 5.54 Å². The first-order chi connectivity index (χ1) is 9.06. The summed E-state index contributed by atoms with van der Waals surface area (Å²) in [7, 11) is 4.15. The van der Waals surface area contributed by atoms with Gasteiger partial charge in [0, 0.05) is 6.04 Å². The molecule has 0 saturated heterocycles. The maximum Gasteiger partial charge on any atom is 0.106 e. The van der Waals surface area contributed by atoms with Crippen molar-refractivity contribution in [3.63, 3.8) is 0 Å². The van der Waals surface area contributed by atoms with Gasteiger partial charge in [-0.05, 0) is 71.5 Å². The van der Waals surface area contributed by atoms with Crippen LogP contribution in [0.3, 0.4) is 0 Å². The molecule has 0 bridgehead atoms. The van der Waals surface area contributed by atoms with E-state index in [1.807, 2.05) is 7.05 Å². The SMILES string of the molecule is CCC(C#N)(CCCN(C)C1CCC(C)CC1)NC. The molecule has 110 valence electrons. The lowest BCUT2D eigenvalue weighted by Crippen LogP contribution is -2.42. The van der Waals surface area contributed by atoms with Gasteiger partial charge in [0.2, 0.25) is 0 Å². The Hall–Kier alpha value is -0.590. The monoisotopic (exact) mass is 265 g/mol. The highest BCUT2D eigenvalue weighted by atomic mass is 15.1. The standard InChI is InChI=1S/C16H31N3/c1-5-16(13-17,18-3)11-6-12-19(4)15-9-7-14(2)8-10-15/h14-15,18H,5-12H2,1-4H3. The summed E-state index contributed by atoms with van der Waals surface area (Å²) in [6.45, 7) is 5.57. The van der Waals surface area contributed by atoms with Crippen LogP contribution in [0.1, 0.15) is 58.8 Å². The summed E-state index contributed by atoms with van der Waals surface area (Å²) in [6, 6.07) is 3.21. The predicted octanol–water partition coefficient (Wildman–Crippen LogP) is 3.17. The molecule has 0 aromatic heterocycles. The largest absolute Gasteiger partial charge is 0.303 e. The molecule has 1 aliphatic carbocycles. The molecule has 0 radical (unpaired) electrons. The summed E-state index contributed by atoms with van der Waals surface area (Å²) >= 11 is 0. The summed E-state index contributed by atoms with van der Waals surface area (Å²) in [6.07, 6.45) is 8.38. The Bertz CT molecular complexity index is 283. The highest BCUT2D eigenvalue weighted by Gasteiger charge is 2.26. The van der Waals surface area contributed by atoms with E-state index in [9.17, 15) is 5.26 Å². The summed E-state index contributed by atoms with van der Waals surface area (Å²) < 4.78 is 0. The van der Waals surface area contributed by atoms with E-state index < -0.39 is 0 Å². The van der Waals surface area contributed by atoms with Gasteiger partial charge in [0.15, 0.2) is 0 Å². The number of nitrogens with zero attached hydrogens (tertiary/aromatic N) is 2. The molecule has 1 N–H and O–H groups in total. The highest BCUT2D eigenvalue weighted by molar-refractivity contribution is 5.05. The Morgan fingerprint density at radius 2 is 1.95 bits per heavy atom. The van der Waals surface area contributed by atoms with Crippen LogP contribution in [0.5, 0.6) is 0 Å². The van der Waals surface area contributed by atoms with Crippen LogP contribution in [0.4, 0.5) is 0 Å². The van der Waals surface area contributed by atoms with Crippen LogP contribution in [0.15, 0.2) is 0 Å². The van der Waals surface area contributed by atoms with Crippen LogP contribution >= 0.6 is 0 Å². The molecule has 0 aromatic carbocycles. The van der Waals surface area contributed by atoms with E-state index in [2.05, 4.69) is 37.2 Å². The molecule has 0 aromatic rings. The molecule has 3 nitrogen and oxygen atoms in total. The van der Waals surface area contributed by atoms with Gasteiger partial charge in [-0.2, -0.15) is 5.26 Å². The van der Waals surface area contributed by atoms with Crippen molar-refractivity contribution >= 4 is 0 Å². The predicted molar refractivity (Wildman–Crippen MR) is 81.0 cm³/mol. The van der Waals surface area contributed by atoms with Crippen LogP contribution in [0.25, 0.3) is 0 Å². The Kier molecular flexibility index (Phi) is 6.82. The Balaban J connectivity index is 2.30. The molecule has 1 rings (SSSR count). The van der Waals surface area contributed by atoms with Crippen molar-refractivity contribution in [1.29, 1.82) is 5.26 Å². The van der Waals surface area contributed by atoms with Crippen molar-refractivity contribution in [2.24, 2.45) is 5.92 Å². The fourth-order valence-electron chi connectivity index (χ4n) is 3.17. The number of rotatable bonds is 7. The van der Waals surface area contributed by atoms with Crippen molar-refractivity contribution in [3.8, 4) is 6.07 Å². The zero-order valence-corrected chi connectivity index (χ0v) is 13.2. The third kappa shape index (κ3) is 4.78. The molecule has 1 fully saturated rings. The molecule has 1 atom stereocenters. The minimum Gasteiger partial charge on any atom is -0.303 e. The topological polar surface area (TPSA) is 39.1 Å². The van der Waals surface area contributed by atoms with E-state index in [0.717, 1.165) is 37.8 Å². The van der Waals surface area contributed by atoms with Gasteiger partial charge in [-0.25, -0.2) is 0 Å². The number of nitrogens with one attached hydrogen (secondary N) is 1. The van der Waals surface area contributed by atoms with E-state index in [0.29, 0.717) is 0 Å². The molecule has 19 heavy (non-hydrogen) atoms. The third-order valence-electron chi connectivity index (χ3n) is 5.02. The van der Waals surface area contributed by atoms with Crippen molar-refractivity contribution in [3.05, 3.63) is 0 Å². The first kappa shape index (κ1) is 16.5. The zero-order valence-electron chi connectivity index (χ0n) is 13.2. The van der Waals surface area contributed by atoms with Gasteiger partial charge >= 0.3 is 0 Å². The fourth-order valence-corrected chi connectivity index (χ4v) is 3.17. The van der Waals surface area contributed by atoms with Crippen molar-refractivity contribution in [2.75, 3.05) is 20.6 Å². The van der Waals surface area contributed by atoms with Crippen molar-refractivity contribution in [2.45, 2.75) is 70.4 Å². The highest BCUT2D eigenvalue weighted by Crippen LogP contribution is 2.27. The van der Waals surface area contributed by atoms with Gasteiger partial charge in [-0.3, -0.25) is 0 Å². The van der Waals surface area contributed by atoms with E-state index in [1.54, 1.807) is 0 Å². The van der Waals surface area contributed by atoms with Crippen molar-refractivity contribution in [1.82, 2.24) is 10.2 Å². The smallest absolute Gasteiger partial charge is 0.106 e. The lowest BCUT2D eigenvalue weighted by Gasteiger charge is -2.34. The first-order valence-corrected chi connectivity index (χ1v) is 7.87. The normalized spacial score (nSPS) is 26.9. The average Bonchev–Trinajstić information content (AvgIpc) is 2.45. The molecule has 1 saturated carbocycles. The maximum absolute atomic E-state index is 9.29. The Morgan fingerprint density at radius 1 is 1.32 bits per heavy atom. The minimum absolute atomic E-state index is 0.318. The summed E-state index contributed by atoms with van der Waals surface area (Å²) in [5, 5.41) is 12.5. The molecule has 0 spiro atoms. The number of hydrogen-bond donors (Lipinski definition) is 1. The molecular formula is C16H31N3. The average molecular weight is 265 g/mol. The lowest BCUT2D eigenvalue weighted by atomic mass is 9.86. The fraction of sp³-hybridized carbons (Fsp3) is 0.938. The van der Waals surface area contributed by atoms with Gasteiger partial charge in [0.1, 0.15) is 5.54 Å². The molecule has 3 heteroatoms. The molecule has 1 unspecified atom stereocenters. The second-order valence-corrected chi connectivity index (χ2v) is 6.30. The number of nitriles is 1. The molecule has 1 aliphatic rings. The Morgan fingerprint density at radius 3 is 2.42 bits per heavy atom. The van der Waals surface area contributed by atoms with Gasteiger partial charge in [0.05, 0.1) is 6.07 Å². The summed E-state index contributed by atoms with van der Waals surface area (Å²) in [5.41, 5.74) is -0.318. The van der Waals surface area contributed by atoms with Gasteiger partial charge < -0.3 is 10.2 Å². The van der Waals surface area contributed by atoms with Crippen molar-refractivity contribution < 1.29 is 0 Å².